The van der Waals surface area contributed by atoms with Crippen molar-refractivity contribution >= 4 is 52.4 Å². The van der Waals surface area contributed by atoms with E-state index in [1.165, 1.54) is 0 Å². The molecule has 7 nitrogen and oxygen atoms in total. The number of pyridine rings is 1. The minimum Gasteiger partial charge on any atom is -0.384 e. The molecule has 3 aromatic rings. The molecule has 2 atom stereocenters. The van der Waals surface area contributed by atoms with Gasteiger partial charge in [-0.1, -0.05) is 59.1 Å². The first-order valence-corrected chi connectivity index (χ1v) is 12.0. The van der Waals surface area contributed by atoms with Crippen LogP contribution in [0.15, 0.2) is 54.6 Å². The third-order valence-electron chi connectivity index (χ3n) is 5.43. The van der Waals surface area contributed by atoms with Crippen molar-refractivity contribution in [2.45, 2.75) is 38.4 Å². The molecule has 0 spiro atoms. The van der Waals surface area contributed by atoms with Gasteiger partial charge in [0.1, 0.15) is 11.9 Å². The van der Waals surface area contributed by atoms with Crippen molar-refractivity contribution in [1.82, 2.24) is 15.6 Å². The summed E-state index contributed by atoms with van der Waals surface area (Å²) in [4.78, 5) is 30.2. The summed E-state index contributed by atoms with van der Waals surface area (Å²) in [5, 5.41) is 6.99. The van der Waals surface area contributed by atoms with E-state index in [9.17, 15) is 9.59 Å². The number of anilines is 1. The smallest absolute Gasteiger partial charge is 0.243 e. The minimum atomic E-state index is -0.891. The Kier molecular flexibility index (Phi) is 9.34. The van der Waals surface area contributed by atoms with Crippen LogP contribution in [0, 0.1) is 6.92 Å². The molecule has 0 aliphatic carbocycles. The van der Waals surface area contributed by atoms with Crippen LogP contribution in [0.2, 0.25) is 15.1 Å². The molecule has 2 amide bonds. The van der Waals surface area contributed by atoms with Gasteiger partial charge >= 0.3 is 0 Å². The maximum absolute atomic E-state index is 13.1. The van der Waals surface area contributed by atoms with E-state index in [4.69, 9.17) is 46.3 Å². The lowest BCUT2D eigenvalue weighted by atomic mass is 10.0. The Labute approximate surface area is 219 Å². The second-order valence-electron chi connectivity index (χ2n) is 8.15. The van der Waals surface area contributed by atoms with Crippen LogP contribution in [-0.2, 0) is 29.0 Å². The van der Waals surface area contributed by atoms with Gasteiger partial charge in [-0.15, -0.1) is 0 Å². The Morgan fingerprint density at radius 2 is 1.60 bits per heavy atom. The lowest BCUT2D eigenvalue weighted by Crippen LogP contribution is -2.53. The summed E-state index contributed by atoms with van der Waals surface area (Å²) in [6.45, 7) is 2.03. The summed E-state index contributed by atoms with van der Waals surface area (Å²) < 4.78 is 0. The molecule has 35 heavy (non-hydrogen) atoms. The molecule has 184 valence electrons. The Bertz CT molecular complexity index is 1200. The first kappa shape index (κ1) is 26.8. The number of carbonyl (C=O) groups excluding carboxylic acids is 2. The van der Waals surface area contributed by atoms with Crippen molar-refractivity contribution in [3.63, 3.8) is 0 Å². The number of halogens is 3. The molecular weight excluding hydrogens is 509 g/mol. The fourth-order valence-corrected chi connectivity index (χ4v) is 3.91. The standard InChI is InChI=1S/C25H26Cl3N5O2/c1-14-17(5-9-23(30)32-14)13-31-25(35)22(12-16-4-8-19(27)20(28)10-16)33-24(34)21(29)11-15-2-6-18(26)7-3-15/h2-10,21-22H,11-13,29H2,1H3,(H2,30,32)(H,31,35)(H,33,34)/t21-,22+/m0/s1. The number of aromatic nitrogens is 1. The molecule has 1 heterocycles. The van der Waals surface area contributed by atoms with Crippen LogP contribution in [0.1, 0.15) is 22.4 Å². The lowest BCUT2D eigenvalue weighted by molar-refractivity contribution is -0.129. The summed E-state index contributed by atoms with van der Waals surface area (Å²) in [7, 11) is 0. The Balaban J connectivity index is 1.72. The number of nitrogen functional groups attached to an aromatic ring is 1. The number of hydrogen-bond donors (Lipinski definition) is 4. The van der Waals surface area contributed by atoms with Crippen molar-refractivity contribution in [1.29, 1.82) is 0 Å². The maximum atomic E-state index is 13.1. The highest BCUT2D eigenvalue weighted by atomic mass is 35.5. The zero-order valence-electron chi connectivity index (χ0n) is 19.0. The Hall–Kier alpha value is -2.84. The number of amides is 2. The predicted molar refractivity (Wildman–Crippen MR) is 140 cm³/mol. The van der Waals surface area contributed by atoms with Gasteiger partial charge in [0.25, 0.3) is 0 Å². The average Bonchev–Trinajstić information content (AvgIpc) is 2.81. The fourth-order valence-electron chi connectivity index (χ4n) is 3.46. The van der Waals surface area contributed by atoms with Crippen LogP contribution in [0.5, 0.6) is 0 Å². The molecule has 6 N–H and O–H groups in total. The highest BCUT2D eigenvalue weighted by Gasteiger charge is 2.25. The number of nitrogens with zero attached hydrogens (tertiary/aromatic N) is 1. The quantitative estimate of drug-likeness (QED) is 0.332. The Morgan fingerprint density at radius 1 is 0.914 bits per heavy atom. The van der Waals surface area contributed by atoms with Crippen molar-refractivity contribution in [3.8, 4) is 0 Å². The summed E-state index contributed by atoms with van der Waals surface area (Å²) in [6.07, 6.45) is 0.488. The molecule has 0 fully saturated rings. The SMILES string of the molecule is Cc1nc(N)ccc1CNC(=O)[C@@H](Cc1ccc(Cl)c(Cl)c1)NC(=O)[C@@H](N)Cc1ccc(Cl)cc1. The zero-order chi connectivity index (χ0) is 25.5. The topological polar surface area (TPSA) is 123 Å². The van der Waals surface area contributed by atoms with Gasteiger partial charge in [0, 0.05) is 23.7 Å². The van der Waals surface area contributed by atoms with Gasteiger partial charge in [0.15, 0.2) is 0 Å². The van der Waals surface area contributed by atoms with Crippen molar-refractivity contribution < 1.29 is 9.59 Å². The van der Waals surface area contributed by atoms with Crippen LogP contribution in [0.3, 0.4) is 0 Å². The van der Waals surface area contributed by atoms with E-state index < -0.39 is 18.0 Å². The van der Waals surface area contributed by atoms with Gasteiger partial charge in [0.05, 0.1) is 16.1 Å². The van der Waals surface area contributed by atoms with Crippen LogP contribution in [-0.4, -0.2) is 28.9 Å². The third-order valence-corrected chi connectivity index (χ3v) is 6.42. The summed E-state index contributed by atoms with van der Waals surface area (Å²) in [5.74, 6) is -0.429. The lowest BCUT2D eigenvalue weighted by Gasteiger charge is -2.21. The van der Waals surface area contributed by atoms with E-state index in [1.807, 2.05) is 6.92 Å². The van der Waals surface area contributed by atoms with Gasteiger partial charge in [-0.2, -0.15) is 0 Å². The van der Waals surface area contributed by atoms with Crippen LogP contribution >= 0.6 is 34.8 Å². The van der Waals surface area contributed by atoms with E-state index in [0.717, 1.165) is 16.7 Å². The molecular formula is C25H26Cl3N5O2. The Morgan fingerprint density at radius 3 is 2.26 bits per heavy atom. The van der Waals surface area contributed by atoms with Gasteiger partial charge in [-0.25, -0.2) is 4.98 Å². The zero-order valence-corrected chi connectivity index (χ0v) is 21.3. The summed E-state index contributed by atoms with van der Waals surface area (Å²) in [6, 6.07) is 13.8. The third kappa shape index (κ3) is 7.83. The number of nitrogens with one attached hydrogen (secondary N) is 2. The highest BCUT2D eigenvalue weighted by Crippen LogP contribution is 2.23. The second kappa shape index (κ2) is 12.2. The summed E-state index contributed by atoms with van der Waals surface area (Å²) in [5.41, 5.74) is 14.9. The van der Waals surface area contributed by atoms with Gasteiger partial charge in [0.2, 0.25) is 11.8 Å². The van der Waals surface area contributed by atoms with Crippen molar-refractivity contribution in [3.05, 3.63) is 92.0 Å². The predicted octanol–water partition coefficient (Wildman–Crippen LogP) is 3.85. The van der Waals surface area contributed by atoms with E-state index in [1.54, 1.807) is 54.6 Å². The van der Waals surface area contributed by atoms with Crippen LogP contribution < -0.4 is 22.1 Å². The fraction of sp³-hybridized carbons (Fsp3) is 0.240. The number of carbonyl (C=O) groups is 2. The molecule has 3 rings (SSSR count). The molecule has 1 aromatic heterocycles. The molecule has 2 aromatic carbocycles. The molecule has 0 saturated heterocycles. The number of aryl methyl sites for hydroxylation is 1. The molecule has 0 aliphatic rings. The van der Waals surface area contributed by atoms with Crippen molar-refractivity contribution in [2.24, 2.45) is 5.73 Å². The second-order valence-corrected chi connectivity index (χ2v) is 9.40. The van der Waals surface area contributed by atoms with Crippen LogP contribution in [0.25, 0.3) is 0 Å². The molecule has 0 saturated carbocycles. The van der Waals surface area contributed by atoms with Crippen LogP contribution in [0.4, 0.5) is 5.82 Å². The minimum absolute atomic E-state index is 0.196. The normalized spacial score (nSPS) is 12.6. The van der Waals surface area contributed by atoms with Gasteiger partial charge < -0.3 is 22.1 Å². The monoisotopic (exact) mass is 533 g/mol. The first-order valence-electron chi connectivity index (χ1n) is 10.9. The van der Waals surface area contributed by atoms with E-state index >= 15 is 0 Å². The van der Waals surface area contributed by atoms with E-state index in [0.29, 0.717) is 33.0 Å². The van der Waals surface area contributed by atoms with Gasteiger partial charge in [-0.3, -0.25) is 9.59 Å². The highest BCUT2D eigenvalue weighted by molar-refractivity contribution is 6.42. The average molecular weight is 535 g/mol. The van der Waals surface area contributed by atoms with Crippen molar-refractivity contribution in [2.75, 3.05) is 5.73 Å². The molecule has 0 unspecified atom stereocenters. The number of benzene rings is 2. The first-order chi connectivity index (χ1) is 16.6. The number of nitrogens with two attached hydrogens (primary N) is 2. The molecule has 10 heteroatoms. The summed E-state index contributed by atoms with van der Waals surface area (Å²) >= 11 is 18.1. The molecule has 0 bridgehead atoms. The number of hydrogen-bond acceptors (Lipinski definition) is 5. The molecule has 0 aliphatic heterocycles. The van der Waals surface area contributed by atoms with E-state index in [-0.39, 0.29) is 18.9 Å². The number of rotatable bonds is 9. The largest absolute Gasteiger partial charge is 0.384 e. The maximum Gasteiger partial charge on any atom is 0.243 e. The van der Waals surface area contributed by atoms with E-state index in [2.05, 4.69) is 15.6 Å². The van der Waals surface area contributed by atoms with Gasteiger partial charge in [-0.05, 0) is 60.4 Å². The molecule has 0 radical (unpaired) electrons.